The van der Waals surface area contributed by atoms with Gasteiger partial charge in [0.2, 0.25) is 0 Å². The topological polar surface area (TPSA) is 59.1 Å². The summed E-state index contributed by atoms with van der Waals surface area (Å²) in [4.78, 5) is 25.7. The molecule has 6 nitrogen and oxygen atoms in total. The molecule has 0 fully saturated rings. The number of amides is 2. The van der Waals surface area contributed by atoms with Crippen molar-refractivity contribution < 1.29 is 19.1 Å². The number of nitrogens with zero attached hydrogens (tertiary/aromatic N) is 2. The molecule has 0 saturated carbocycles. The molecule has 0 aliphatic carbocycles. The minimum Gasteiger partial charge on any atom is -0.452 e. The lowest BCUT2D eigenvalue weighted by Gasteiger charge is -2.21. The van der Waals surface area contributed by atoms with Crippen molar-refractivity contribution in [3.8, 4) is 0 Å². The van der Waals surface area contributed by atoms with Crippen molar-refractivity contribution in [2.45, 2.75) is 6.92 Å². The van der Waals surface area contributed by atoms with Crippen LogP contribution in [0.2, 0.25) is 0 Å². The Hall–Kier alpha value is -2.24. The Morgan fingerprint density at radius 3 is 2.05 bits per heavy atom. The van der Waals surface area contributed by atoms with Gasteiger partial charge in [-0.1, -0.05) is 6.07 Å². The fourth-order valence-corrected chi connectivity index (χ4v) is 1.65. The van der Waals surface area contributed by atoms with E-state index >= 15 is 0 Å². The van der Waals surface area contributed by atoms with Crippen LogP contribution in [-0.4, -0.2) is 40.5 Å². The summed E-state index contributed by atoms with van der Waals surface area (Å²) in [5, 5.41) is 0. The number of methoxy groups -OCH3 is 2. The van der Waals surface area contributed by atoms with Gasteiger partial charge in [-0.25, -0.2) is 9.59 Å². The van der Waals surface area contributed by atoms with Crippen LogP contribution in [0.5, 0.6) is 0 Å². The van der Waals surface area contributed by atoms with E-state index in [1.807, 2.05) is 13.0 Å². The zero-order valence-electron chi connectivity index (χ0n) is 11.8. The highest BCUT2D eigenvalue weighted by Crippen LogP contribution is 2.26. The maximum absolute atomic E-state index is 11.5. The Bertz CT molecular complexity index is 488. The highest BCUT2D eigenvalue weighted by atomic mass is 16.5. The molecule has 0 radical (unpaired) electrons. The second-order valence-corrected chi connectivity index (χ2v) is 4.03. The van der Waals surface area contributed by atoms with E-state index in [4.69, 9.17) is 0 Å². The van der Waals surface area contributed by atoms with Crippen molar-refractivity contribution in [2.75, 3.05) is 38.1 Å². The number of benzene rings is 1. The predicted molar refractivity (Wildman–Crippen MR) is 72.8 cm³/mol. The second-order valence-electron chi connectivity index (χ2n) is 4.03. The minimum atomic E-state index is -0.476. The smallest absolute Gasteiger partial charge is 0.413 e. The summed E-state index contributed by atoms with van der Waals surface area (Å²) in [6.45, 7) is 1.87. The van der Waals surface area contributed by atoms with Gasteiger partial charge in [-0.05, 0) is 24.6 Å². The number of ether oxygens (including phenoxy) is 2. The average Bonchev–Trinajstić information content (AvgIpc) is 2.44. The van der Waals surface area contributed by atoms with Gasteiger partial charge in [-0.3, -0.25) is 9.80 Å². The summed E-state index contributed by atoms with van der Waals surface area (Å²) in [5.41, 5.74) is 2.19. The fraction of sp³-hybridized carbons (Fsp3) is 0.385. The summed E-state index contributed by atoms with van der Waals surface area (Å²) in [5.74, 6) is 0. The van der Waals surface area contributed by atoms with Gasteiger partial charge in [0.15, 0.2) is 0 Å². The molecular weight excluding hydrogens is 248 g/mol. The van der Waals surface area contributed by atoms with Crippen molar-refractivity contribution in [1.82, 2.24) is 0 Å². The molecule has 0 aliphatic heterocycles. The van der Waals surface area contributed by atoms with Gasteiger partial charge in [0.05, 0.1) is 19.9 Å². The predicted octanol–water partition coefficient (Wildman–Crippen LogP) is 2.40. The van der Waals surface area contributed by atoms with E-state index in [0.29, 0.717) is 11.4 Å². The van der Waals surface area contributed by atoms with E-state index in [9.17, 15) is 9.59 Å². The van der Waals surface area contributed by atoms with Gasteiger partial charge in [-0.15, -0.1) is 0 Å². The number of anilines is 2. The van der Waals surface area contributed by atoms with Crippen molar-refractivity contribution in [1.29, 1.82) is 0 Å². The number of aryl methyl sites for hydroxylation is 1. The molecule has 0 aromatic heterocycles. The maximum Gasteiger partial charge on any atom is 0.413 e. The number of hydrogen-bond acceptors (Lipinski definition) is 4. The molecule has 0 bridgehead atoms. The molecule has 104 valence electrons. The normalized spacial score (nSPS) is 9.74. The number of rotatable bonds is 2. The first-order chi connectivity index (χ1) is 8.92. The lowest BCUT2D eigenvalue weighted by atomic mass is 10.1. The molecule has 0 N–H and O–H groups in total. The van der Waals surface area contributed by atoms with Gasteiger partial charge in [-0.2, -0.15) is 0 Å². The number of hydrogen-bond donors (Lipinski definition) is 0. The van der Waals surface area contributed by atoms with Gasteiger partial charge >= 0.3 is 12.2 Å². The third-order valence-electron chi connectivity index (χ3n) is 2.84. The van der Waals surface area contributed by atoms with Crippen LogP contribution in [0.1, 0.15) is 5.56 Å². The molecule has 0 aliphatic rings. The van der Waals surface area contributed by atoms with Gasteiger partial charge < -0.3 is 9.47 Å². The molecule has 1 aromatic carbocycles. The van der Waals surface area contributed by atoms with Gasteiger partial charge in [0, 0.05) is 19.8 Å². The summed E-state index contributed by atoms with van der Waals surface area (Å²) in [7, 11) is 5.83. The van der Waals surface area contributed by atoms with Crippen LogP contribution in [-0.2, 0) is 9.47 Å². The first kappa shape index (κ1) is 14.8. The molecule has 0 saturated heterocycles. The van der Waals surface area contributed by atoms with E-state index in [1.165, 1.54) is 24.0 Å². The van der Waals surface area contributed by atoms with E-state index < -0.39 is 12.2 Å². The molecule has 2 amide bonds. The monoisotopic (exact) mass is 266 g/mol. The van der Waals surface area contributed by atoms with Crippen molar-refractivity contribution in [3.63, 3.8) is 0 Å². The van der Waals surface area contributed by atoms with Crippen LogP contribution in [0.25, 0.3) is 0 Å². The van der Waals surface area contributed by atoms with Crippen LogP contribution >= 0.6 is 0 Å². The summed E-state index contributed by atoms with van der Waals surface area (Å²) >= 11 is 0. The molecular formula is C13H18N2O4. The van der Waals surface area contributed by atoms with E-state index in [-0.39, 0.29) is 0 Å². The zero-order valence-corrected chi connectivity index (χ0v) is 11.8. The minimum absolute atomic E-state index is 0.471. The van der Waals surface area contributed by atoms with E-state index in [1.54, 1.807) is 26.2 Å². The Balaban J connectivity index is 3.13. The van der Waals surface area contributed by atoms with Crippen molar-refractivity contribution in [3.05, 3.63) is 23.8 Å². The zero-order chi connectivity index (χ0) is 14.6. The average molecular weight is 266 g/mol. The third kappa shape index (κ3) is 3.15. The summed E-state index contributed by atoms with van der Waals surface area (Å²) in [6, 6.07) is 5.33. The molecule has 0 heterocycles. The van der Waals surface area contributed by atoms with E-state index in [2.05, 4.69) is 9.47 Å². The molecule has 0 unspecified atom stereocenters. The standard InChI is InChI=1S/C13H18N2O4/c1-9-6-7-10(14(2)12(16)18-4)8-11(9)15(3)13(17)19-5/h6-8H,1-5H3. The Morgan fingerprint density at radius 2 is 1.53 bits per heavy atom. The van der Waals surface area contributed by atoms with E-state index in [0.717, 1.165) is 5.56 Å². The Morgan fingerprint density at radius 1 is 1.00 bits per heavy atom. The van der Waals surface area contributed by atoms with Crippen molar-refractivity contribution in [2.24, 2.45) is 0 Å². The summed E-state index contributed by atoms with van der Waals surface area (Å²) in [6.07, 6.45) is -0.948. The highest BCUT2D eigenvalue weighted by Gasteiger charge is 2.17. The van der Waals surface area contributed by atoms with Crippen LogP contribution in [0.4, 0.5) is 21.0 Å². The lowest BCUT2D eigenvalue weighted by Crippen LogP contribution is -2.28. The third-order valence-corrected chi connectivity index (χ3v) is 2.84. The van der Waals surface area contributed by atoms with Crippen LogP contribution in [0.15, 0.2) is 18.2 Å². The maximum atomic E-state index is 11.5. The molecule has 1 rings (SSSR count). The van der Waals surface area contributed by atoms with Gasteiger partial charge in [0.1, 0.15) is 0 Å². The SMILES string of the molecule is COC(=O)N(C)c1ccc(C)c(N(C)C(=O)OC)c1. The highest BCUT2D eigenvalue weighted by molar-refractivity contribution is 5.91. The second kappa shape index (κ2) is 6.08. The number of carbonyl (C=O) groups excluding carboxylic acids is 2. The summed E-state index contributed by atoms with van der Waals surface area (Å²) < 4.78 is 9.32. The molecule has 0 spiro atoms. The first-order valence-corrected chi connectivity index (χ1v) is 5.66. The van der Waals surface area contributed by atoms with Crippen LogP contribution < -0.4 is 9.80 Å². The Kier molecular flexibility index (Phi) is 4.74. The largest absolute Gasteiger partial charge is 0.452 e. The Labute approximate surface area is 112 Å². The fourth-order valence-electron chi connectivity index (χ4n) is 1.65. The molecule has 0 atom stereocenters. The quantitative estimate of drug-likeness (QED) is 0.824. The molecule has 1 aromatic rings. The molecule has 19 heavy (non-hydrogen) atoms. The number of carbonyl (C=O) groups is 2. The lowest BCUT2D eigenvalue weighted by molar-refractivity contribution is 0.179. The van der Waals surface area contributed by atoms with Gasteiger partial charge in [0.25, 0.3) is 0 Å². The molecule has 6 heteroatoms. The van der Waals surface area contributed by atoms with Crippen LogP contribution in [0, 0.1) is 6.92 Å². The van der Waals surface area contributed by atoms with Crippen LogP contribution in [0.3, 0.4) is 0 Å². The first-order valence-electron chi connectivity index (χ1n) is 5.66. The van der Waals surface area contributed by atoms with Crippen molar-refractivity contribution >= 4 is 23.6 Å².